The lowest BCUT2D eigenvalue weighted by atomic mass is 10.1. The van der Waals surface area contributed by atoms with Crippen LogP contribution in [0.5, 0.6) is 0 Å². The van der Waals surface area contributed by atoms with Crippen LogP contribution in [0.1, 0.15) is 22.5 Å². The Morgan fingerprint density at radius 2 is 1.50 bits per heavy atom. The Hall–Kier alpha value is -1.71. The number of halogens is 3. The Morgan fingerprint density at radius 3 is 2.06 bits per heavy atom. The van der Waals surface area contributed by atoms with Gasteiger partial charge in [0.25, 0.3) is 0 Å². The summed E-state index contributed by atoms with van der Waals surface area (Å²) in [5, 5.41) is 0. The van der Waals surface area contributed by atoms with Crippen LogP contribution in [0, 0.1) is 13.8 Å². The summed E-state index contributed by atoms with van der Waals surface area (Å²) in [6.07, 6.45) is -4.30. The summed E-state index contributed by atoms with van der Waals surface area (Å²) in [4.78, 5) is 0. The maximum Gasteiger partial charge on any atom is 0.416 e. The van der Waals surface area contributed by atoms with Gasteiger partial charge in [-0.05, 0) is 37.6 Å². The maximum atomic E-state index is 12.9. The molecule has 4 heteroatoms. The Labute approximate surface area is 104 Å². The molecule has 0 bridgehead atoms. The van der Waals surface area contributed by atoms with Crippen LogP contribution in [0.15, 0.2) is 36.4 Å². The predicted molar refractivity (Wildman–Crippen MR) is 64.5 cm³/mol. The third-order valence-corrected chi connectivity index (χ3v) is 3.07. The van der Waals surface area contributed by atoms with Gasteiger partial charge in [-0.3, -0.25) is 0 Å². The number of benzene rings is 1. The third kappa shape index (κ3) is 2.42. The summed E-state index contributed by atoms with van der Waals surface area (Å²) in [6.45, 7) is 4.03. The minimum atomic E-state index is -4.30. The highest BCUT2D eigenvalue weighted by Crippen LogP contribution is 2.32. The monoisotopic (exact) mass is 253 g/mol. The van der Waals surface area contributed by atoms with Crippen molar-refractivity contribution in [3.63, 3.8) is 0 Å². The topological polar surface area (TPSA) is 4.93 Å². The molecule has 1 nitrogen and oxygen atoms in total. The average molecular weight is 253 g/mol. The van der Waals surface area contributed by atoms with Crippen LogP contribution in [0.2, 0.25) is 0 Å². The molecule has 0 radical (unpaired) electrons. The smallest absolute Gasteiger partial charge is 0.345 e. The van der Waals surface area contributed by atoms with Crippen LogP contribution in [0.4, 0.5) is 13.2 Å². The molecule has 1 aromatic carbocycles. The first-order valence-electron chi connectivity index (χ1n) is 5.67. The SMILES string of the molecule is Cc1ccc(C)n1Cc1ccccc1C(F)(F)F. The fourth-order valence-corrected chi connectivity index (χ4v) is 2.05. The zero-order valence-corrected chi connectivity index (χ0v) is 10.3. The summed E-state index contributed by atoms with van der Waals surface area (Å²) < 4.78 is 40.5. The van der Waals surface area contributed by atoms with Gasteiger partial charge in [0.1, 0.15) is 0 Å². The van der Waals surface area contributed by atoms with Crippen molar-refractivity contribution in [3.8, 4) is 0 Å². The molecule has 96 valence electrons. The number of alkyl halides is 3. The lowest BCUT2D eigenvalue weighted by Crippen LogP contribution is -2.12. The number of rotatable bonds is 2. The van der Waals surface area contributed by atoms with E-state index >= 15 is 0 Å². The molecule has 0 N–H and O–H groups in total. The molecule has 0 atom stereocenters. The molecule has 0 aliphatic rings. The van der Waals surface area contributed by atoms with Crippen LogP contribution < -0.4 is 0 Å². The molecule has 0 amide bonds. The molecule has 0 fully saturated rings. The third-order valence-electron chi connectivity index (χ3n) is 3.07. The second-order valence-corrected chi connectivity index (χ2v) is 4.36. The molecule has 0 saturated heterocycles. The molecule has 2 rings (SSSR count). The van der Waals surface area contributed by atoms with Crippen molar-refractivity contribution < 1.29 is 13.2 Å². The van der Waals surface area contributed by atoms with Crippen LogP contribution in [0.25, 0.3) is 0 Å². The van der Waals surface area contributed by atoms with E-state index in [1.165, 1.54) is 12.1 Å². The van der Waals surface area contributed by atoms with E-state index in [1.807, 2.05) is 30.5 Å². The van der Waals surface area contributed by atoms with E-state index in [4.69, 9.17) is 0 Å². The quantitative estimate of drug-likeness (QED) is 0.757. The number of nitrogens with zero attached hydrogens (tertiary/aromatic N) is 1. The van der Waals surface area contributed by atoms with Gasteiger partial charge in [-0.25, -0.2) is 0 Å². The molecule has 0 unspecified atom stereocenters. The summed E-state index contributed by atoms with van der Waals surface area (Å²) in [5.74, 6) is 0. The minimum absolute atomic E-state index is 0.250. The Morgan fingerprint density at radius 1 is 0.944 bits per heavy atom. The molecule has 1 aromatic heterocycles. The Balaban J connectivity index is 2.42. The van der Waals surface area contributed by atoms with Crippen molar-refractivity contribution in [2.45, 2.75) is 26.6 Å². The summed E-state index contributed by atoms with van der Waals surface area (Å²) in [6, 6.07) is 9.53. The summed E-state index contributed by atoms with van der Waals surface area (Å²) >= 11 is 0. The van der Waals surface area contributed by atoms with Gasteiger partial charge >= 0.3 is 6.18 Å². The van der Waals surface area contributed by atoms with Gasteiger partial charge in [0, 0.05) is 17.9 Å². The van der Waals surface area contributed by atoms with Crippen molar-refractivity contribution in [2.24, 2.45) is 0 Å². The average Bonchev–Trinajstić information content (AvgIpc) is 2.60. The van der Waals surface area contributed by atoms with E-state index in [-0.39, 0.29) is 6.54 Å². The van der Waals surface area contributed by atoms with E-state index in [9.17, 15) is 13.2 Å². The van der Waals surface area contributed by atoms with Crippen LogP contribution in [0.3, 0.4) is 0 Å². The standard InChI is InChI=1S/C14H14F3N/c1-10-7-8-11(2)18(10)9-12-5-3-4-6-13(12)14(15,16)17/h3-8H,9H2,1-2H3. The highest BCUT2D eigenvalue weighted by molar-refractivity contribution is 5.31. The number of hydrogen-bond acceptors (Lipinski definition) is 0. The van der Waals surface area contributed by atoms with Crippen LogP contribution >= 0.6 is 0 Å². The highest BCUT2D eigenvalue weighted by atomic mass is 19.4. The number of hydrogen-bond donors (Lipinski definition) is 0. The molecular weight excluding hydrogens is 239 g/mol. The van der Waals surface area contributed by atoms with Gasteiger partial charge in [0.15, 0.2) is 0 Å². The van der Waals surface area contributed by atoms with Gasteiger partial charge in [-0.15, -0.1) is 0 Å². The van der Waals surface area contributed by atoms with Gasteiger partial charge < -0.3 is 4.57 Å². The fraction of sp³-hybridized carbons (Fsp3) is 0.286. The van der Waals surface area contributed by atoms with Crippen molar-refractivity contribution in [2.75, 3.05) is 0 Å². The summed E-state index contributed by atoms with van der Waals surface area (Å²) in [5.41, 5.74) is 1.67. The molecule has 0 saturated carbocycles. The van der Waals surface area contributed by atoms with Crippen molar-refractivity contribution in [1.82, 2.24) is 4.57 Å². The van der Waals surface area contributed by atoms with Crippen molar-refractivity contribution >= 4 is 0 Å². The van der Waals surface area contributed by atoms with Gasteiger partial charge in [0.2, 0.25) is 0 Å². The second kappa shape index (κ2) is 4.52. The largest absolute Gasteiger partial charge is 0.416 e. The van der Waals surface area contributed by atoms with Gasteiger partial charge in [-0.2, -0.15) is 13.2 Å². The minimum Gasteiger partial charge on any atom is -0.345 e. The van der Waals surface area contributed by atoms with E-state index in [2.05, 4.69) is 0 Å². The molecule has 18 heavy (non-hydrogen) atoms. The Kier molecular flexibility index (Phi) is 3.20. The lowest BCUT2D eigenvalue weighted by molar-refractivity contribution is -0.138. The first-order valence-corrected chi connectivity index (χ1v) is 5.67. The van der Waals surface area contributed by atoms with Gasteiger partial charge in [0.05, 0.1) is 5.56 Å². The van der Waals surface area contributed by atoms with E-state index in [0.29, 0.717) is 5.56 Å². The van der Waals surface area contributed by atoms with Crippen LogP contribution in [-0.2, 0) is 12.7 Å². The highest BCUT2D eigenvalue weighted by Gasteiger charge is 2.32. The van der Waals surface area contributed by atoms with E-state index in [0.717, 1.165) is 17.5 Å². The van der Waals surface area contributed by atoms with Crippen molar-refractivity contribution in [1.29, 1.82) is 0 Å². The van der Waals surface area contributed by atoms with Crippen molar-refractivity contribution in [3.05, 3.63) is 58.9 Å². The maximum absolute atomic E-state index is 12.9. The first-order chi connectivity index (χ1) is 8.39. The number of aryl methyl sites for hydroxylation is 2. The normalized spacial score (nSPS) is 11.8. The predicted octanol–water partition coefficient (Wildman–Crippen LogP) is 4.17. The molecule has 2 aromatic rings. The zero-order valence-electron chi connectivity index (χ0n) is 10.3. The molecule has 0 aliphatic carbocycles. The Bertz CT molecular complexity index is 533. The second-order valence-electron chi connectivity index (χ2n) is 4.36. The molecule has 0 aliphatic heterocycles. The molecule has 1 heterocycles. The lowest BCUT2D eigenvalue weighted by Gasteiger charge is -2.15. The summed E-state index contributed by atoms with van der Waals surface area (Å²) in [7, 11) is 0. The molecule has 0 spiro atoms. The van der Waals surface area contributed by atoms with Gasteiger partial charge in [-0.1, -0.05) is 18.2 Å². The van der Waals surface area contributed by atoms with E-state index in [1.54, 1.807) is 6.07 Å². The van der Waals surface area contributed by atoms with Crippen LogP contribution in [-0.4, -0.2) is 4.57 Å². The fourth-order valence-electron chi connectivity index (χ4n) is 2.05. The zero-order chi connectivity index (χ0) is 13.3. The molecular formula is C14H14F3N. The van der Waals surface area contributed by atoms with E-state index < -0.39 is 11.7 Å². The number of aromatic nitrogens is 1. The first kappa shape index (κ1) is 12.7.